The van der Waals surface area contributed by atoms with E-state index in [-0.39, 0.29) is 43.0 Å². The molecule has 4 N–H and O–H groups in total. The normalized spacial score (nSPS) is 11.6. The number of oxime groups is 1. The van der Waals surface area contributed by atoms with Gasteiger partial charge in [-0.1, -0.05) is 18.5 Å². The number of hydrogen-bond donors (Lipinski definition) is 4. The van der Waals surface area contributed by atoms with E-state index in [0.717, 1.165) is 25.7 Å². The van der Waals surface area contributed by atoms with Gasteiger partial charge in [-0.05, 0) is 25.7 Å². The predicted molar refractivity (Wildman–Crippen MR) is 110 cm³/mol. The largest absolute Gasteiger partial charge is 0.396 e. The van der Waals surface area contributed by atoms with E-state index in [1.165, 1.54) is 20.2 Å². The minimum Gasteiger partial charge on any atom is -0.396 e. The van der Waals surface area contributed by atoms with Crippen molar-refractivity contribution in [3.05, 3.63) is 0 Å². The van der Waals surface area contributed by atoms with Gasteiger partial charge in [-0.15, -0.1) is 0 Å². The van der Waals surface area contributed by atoms with Gasteiger partial charge in [0.1, 0.15) is 12.6 Å². The van der Waals surface area contributed by atoms with Gasteiger partial charge < -0.3 is 26.1 Å². The summed E-state index contributed by atoms with van der Waals surface area (Å²) < 4.78 is 0. The Morgan fingerprint density at radius 2 is 1.76 bits per heavy atom. The van der Waals surface area contributed by atoms with Crippen molar-refractivity contribution < 1.29 is 24.0 Å². The van der Waals surface area contributed by atoms with E-state index in [0.29, 0.717) is 19.6 Å². The first-order chi connectivity index (χ1) is 13.9. The Kier molecular flexibility index (Phi) is 15.9. The number of hydrogen-bond acceptors (Lipinski definition) is 6. The number of unbranched alkanes of at least 4 members (excludes halogenated alkanes) is 2. The lowest BCUT2D eigenvalue weighted by Crippen LogP contribution is -2.45. The number of carbonyl (C=O) groups excluding carboxylic acids is 4. The summed E-state index contributed by atoms with van der Waals surface area (Å²) in [6.45, 7) is 4.63. The number of likely N-dealkylation sites (N-methyl/N-ethyl adjacent to an activating group) is 1. The monoisotopic (exact) mass is 413 g/mol. The van der Waals surface area contributed by atoms with E-state index in [4.69, 9.17) is 4.84 Å². The van der Waals surface area contributed by atoms with Crippen LogP contribution in [0.4, 0.5) is 0 Å². The summed E-state index contributed by atoms with van der Waals surface area (Å²) in [4.78, 5) is 51.0. The summed E-state index contributed by atoms with van der Waals surface area (Å²) in [5.74, 6) is -0.847. The van der Waals surface area contributed by atoms with Gasteiger partial charge in [-0.25, -0.2) is 0 Å². The molecule has 4 amide bonds. The van der Waals surface area contributed by atoms with Crippen molar-refractivity contribution in [1.82, 2.24) is 21.3 Å². The molecule has 0 aromatic heterocycles. The van der Waals surface area contributed by atoms with Crippen LogP contribution < -0.4 is 21.3 Å². The van der Waals surface area contributed by atoms with Gasteiger partial charge in [-0.2, -0.15) is 0 Å². The quantitative estimate of drug-likeness (QED) is 0.163. The third-order valence-electron chi connectivity index (χ3n) is 3.88. The fraction of sp³-hybridized carbons (Fsp3) is 0.737. The molecule has 166 valence electrons. The Balaban J connectivity index is 3.73. The summed E-state index contributed by atoms with van der Waals surface area (Å²) >= 11 is 0. The third kappa shape index (κ3) is 16.0. The molecule has 0 aliphatic rings. The number of nitrogens with zero attached hydrogens (tertiary/aromatic N) is 1. The second-order valence-electron chi connectivity index (χ2n) is 6.49. The molecule has 0 heterocycles. The first-order valence-electron chi connectivity index (χ1n) is 10.1. The molecule has 0 aliphatic heterocycles. The van der Waals surface area contributed by atoms with E-state index in [2.05, 4.69) is 26.4 Å². The van der Waals surface area contributed by atoms with Crippen LogP contribution in [0.1, 0.15) is 58.8 Å². The van der Waals surface area contributed by atoms with Crippen LogP contribution in [0.15, 0.2) is 5.16 Å². The first-order valence-corrected chi connectivity index (χ1v) is 10.1. The number of rotatable bonds is 16. The van der Waals surface area contributed by atoms with Crippen molar-refractivity contribution >= 4 is 29.8 Å². The van der Waals surface area contributed by atoms with Gasteiger partial charge in [-0.3, -0.25) is 19.2 Å². The van der Waals surface area contributed by atoms with Gasteiger partial charge in [0.2, 0.25) is 23.6 Å². The molecule has 0 radical (unpaired) electrons. The van der Waals surface area contributed by atoms with Crippen LogP contribution in [0, 0.1) is 0 Å². The van der Waals surface area contributed by atoms with Crippen molar-refractivity contribution in [2.24, 2.45) is 5.16 Å². The van der Waals surface area contributed by atoms with Gasteiger partial charge in [0, 0.05) is 33.4 Å². The highest BCUT2D eigenvalue weighted by Crippen LogP contribution is 1.98. The standard InChI is InChI=1S/C19H35N5O5/c1-4-5-8-17(26)21-11-6-7-14-29-23-13-12-22-18(27)10-9-16(19(28)20-3)24-15(2)25/h13,16H,4-12,14H2,1-3H3,(H,20,28)(H,21,26)(H,22,27)(H,24,25)/b23-13+/t16-/m0/s1. The van der Waals surface area contributed by atoms with Crippen molar-refractivity contribution in [2.75, 3.05) is 26.7 Å². The van der Waals surface area contributed by atoms with Crippen LogP contribution in [0.2, 0.25) is 0 Å². The molecular formula is C19H35N5O5. The van der Waals surface area contributed by atoms with E-state index < -0.39 is 6.04 Å². The highest BCUT2D eigenvalue weighted by molar-refractivity contribution is 5.87. The average Bonchev–Trinajstić information content (AvgIpc) is 2.69. The molecule has 10 nitrogen and oxygen atoms in total. The van der Waals surface area contributed by atoms with Crippen LogP contribution in [0.5, 0.6) is 0 Å². The van der Waals surface area contributed by atoms with E-state index in [9.17, 15) is 19.2 Å². The van der Waals surface area contributed by atoms with E-state index >= 15 is 0 Å². The topological polar surface area (TPSA) is 138 Å². The van der Waals surface area contributed by atoms with Crippen LogP contribution in [0.3, 0.4) is 0 Å². The lowest BCUT2D eigenvalue weighted by atomic mass is 10.1. The van der Waals surface area contributed by atoms with E-state index in [1.54, 1.807) is 0 Å². The number of carbonyl (C=O) groups is 4. The highest BCUT2D eigenvalue weighted by atomic mass is 16.6. The molecule has 0 aliphatic carbocycles. The molecule has 0 saturated carbocycles. The van der Waals surface area contributed by atoms with Crippen LogP contribution in [-0.2, 0) is 24.0 Å². The zero-order chi connectivity index (χ0) is 21.9. The second-order valence-corrected chi connectivity index (χ2v) is 6.49. The second kappa shape index (κ2) is 17.4. The molecule has 0 aromatic carbocycles. The number of nitrogens with one attached hydrogen (secondary N) is 4. The molecule has 0 rings (SSSR count). The maximum absolute atomic E-state index is 11.8. The molecule has 0 aromatic rings. The summed E-state index contributed by atoms with van der Waals surface area (Å²) in [7, 11) is 1.47. The molecule has 0 saturated heterocycles. The van der Waals surface area contributed by atoms with Crippen LogP contribution in [-0.4, -0.2) is 62.6 Å². The molecule has 29 heavy (non-hydrogen) atoms. The fourth-order valence-electron chi connectivity index (χ4n) is 2.30. The maximum atomic E-state index is 11.8. The van der Waals surface area contributed by atoms with Crippen LogP contribution >= 0.6 is 0 Å². The fourth-order valence-corrected chi connectivity index (χ4v) is 2.30. The summed E-state index contributed by atoms with van der Waals surface area (Å²) in [6, 6.07) is -0.739. The zero-order valence-electron chi connectivity index (χ0n) is 17.7. The smallest absolute Gasteiger partial charge is 0.242 e. The third-order valence-corrected chi connectivity index (χ3v) is 3.88. The maximum Gasteiger partial charge on any atom is 0.242 e. The molecular weight excluding hydrogens is 378 g/mol. The Bertz CT molecular complexity index is 539. The minimum absolute atomic E-state index is 0.0836. The van der Waals surface area contributed by atoms with Crippen molar-refractivity contribution in [1.29, 1.82) is 0 Å². The Morgan fingerprint density at radius 1 is 1.03 bits per heavy atom. The van der Waals surface area contributed by atoms with Crippen LogP contribution in [0.25, 0.3) is 0 Å². The SMILES string of the molecule is CCCCC(=O)NCCCCO/N=C/CNC(=O)CC[C@H](NC(C)=O)C(=O)NC. The van der Waals surface area contributed by atoms with Gasteiger partial charge in [0.25, 0.3) is 0 Å². The average molecular weight is 414 g/mol. The predicted octanol–water partition coefficient (Wildman–Crippen LogP) is 0.223. The van der Waals surface area contributed by atoms with Crippen molar-refractivity contribution in [3.63, 3.8) is 0 Å². The zero-order valence-corrected chi connectivity index (χ0v) is 17.7. The summed E-state index contributed by atoms with van der Waals surface area (Å²) in [5, 5.41) is 14.2. The van der Waals surface area contributed by atoms with Crippen molar-refractivity contribution in [3.8, 4) is 0 Å². The molecule has 1 atom stereocenters. The lowest BCUT2D eigenvalue weighted by Gasteiger charge is -2.15. The van der Waals surface area contributed by atoms with Gasteiger partial charge >= 0.3 is 0 Å². The van der Waals surface area contributed by atoms with Gasteiger partial charge in [0.05, 0.1) is 12.8 Å². The summed E-state index contributed by atoms with van der Waals surface area (Å²) in [6.07, 6.45) is 5.80. The lowest BCUT2D eigenvalue weighted by molar-refractivity contribution is -0.128. The Morgan fingerprint density at radius 3 is 2.41 bits per heavy atom. The molecule has 10 heteroatoms. The molecule has 0 fully saturated rings. The first kappa shape index (κ1) is 26.4. The summed E-state index contributed by atoms with van der Waals surface area (Å²) in [5.41, 5.74) is 0. The minimum atomic E-state index is -0.739. The Hall–Kier alpha value is -2.65. The molecule has 0 unspecified atom stereocenters. The van der Waals surface area contributed by atoms with E-state index in [1.807, 2.05) is 6.92 Å². The van der Waals surface area contributed by atoms with Gasteiger partial charge in [0.15, 0.2) is 0 Å². The highest BCUT2D eigenvalue weighted by Gasteiger charge is 2.19. The molecule has 0 bridgehead atoms. The Labute approximate surface area is 172 Å². The molecule has 0 spiro atoms. The number of amides is 4. The van der Waals surface area contributed by atoms with Crippen molar-refractivity contribution in [2.45, 2.75) is 64.8 Å².